The predicted octanol–water partition coefficient (Wildman–Crippen LogP) is 3.54. The van der Waals surface area contributed by atoms with E-state index in [4.69, 9.17) is 12.2 Å². The second-order valence-electron chi connectivity index (χ2n) is 4.07. The first-order valence-electron chi connectivity index (χ1n) is 5.97. The van der Waals surface area contributed by atoms with E-state index in [1.165, 1.54) is 5.56 Å². The van der Waals surface area contributed by atoms with Crippen molar-refractivity contribution in [1.82, 2.24) is 14.9 Å². The van der Waals surface area contributed by atoms with Gasteiger partial charge in [0.05, 0.1) is 11.1 Å². The van der Waals surface area contributed by atoms with E-state index in [2.05, 4.69) is 40.6 Å². The molecule has 0 fully saturated rings. The minimum Gasteiger partial charge on any atom is -0.250 e. The van der Waals surface area contributed by atoms with E-state index in [1.807, 2.05) is 6.21 Å². The Kier molecular flexibility index (Phi) is 4.43. The number of hydrogen-bond acceptors (Lipinski definition) is 4. The van der Waals surface area contributed by atoms with Gasteiger partial charge >= 0.3 is 0 Å². The second kappa shape index (κ2) is 6.06. The Balaban J connectivity index is 2.23. The van der Waals surface area contributed by atoms with Gasteiger partial charge in [0, 0.05) is 6.42 Å². The van der Waals surface area contributed by atoms with Gasteiger partial charge in [-0.2, -0.15) is 14.9 Å². The van der Waals surface area contributed by atoms with Gasteiger partial charge in [0.25, 0.3) is 0 Å². The van der Waals surface area contributed by atoms with Crippen molar-refractivity contribution in [3.8, 4) is 0 Å². The van der Waals surface area contributed by atoms with Gasteiger partial charge in [-0.3, -0.25) is 5.10 Å². The maximum absolute atomic E-state index is 5.19. The largest absolute Gasteiger partial charge is 0.250 e. The molecule has 0 saturated carbocycles. The zero-order chi connectivity index (χ0) is 13.0. The van der Waals surface area contributed by atoms with Crippen molar-refractivity contribution in [2.24, 2.45) is 5.10 Å². The number of aromatic nitrogens is 3. The molecule has 0 unspecified atom stereocenters. The molecule has 96 valence electrons. The van der Waals surface area contributed by atoms with Crippen LogP contribution in [0.2, 0.25) is 0 Å². The molecular weight excluding hydrogens is 264 g/mol. The van der Waals surface area contributed by atoms with Crippen LogP contribution in [0.5, 0.6) is 0 Å². The molecule has 2 aromatic heterocycles. The fourth-order valence-corrected chi connectivity index (χ4v) is 2.55. The highest BCUT2D eigenvalue weighted by Crippen LogP contribution is 2.13. The average molecular weight is 280 g/mol. The summed E-state index contributed by atoms with van der Waals surface area (Å²) in [5.41, 5.74) is 1.23. The third-order valence-electron chi connectivity index (χ3n) is 2.66. The van der Waals surface area contributed by atoms with Crippen molar-refractivity contribution >= 4 is 29.8 Å². The normalized spacial score (nSPS) is 11.4. The van der Waals surface area contributed by atoms with Crippen molar-refractivity contribution in [3.63, 3.8) is 0 Å². The monoisotopic (exact) mass is 280 g/mol. The molecule has 18 heavy (non-hydrogen) atoms. The molecule has 2 aromatic rings. The van der Waals surface area contributed by atoms with Gasteiger partial charge in [-0.25, -0.2) is 0 Å². The van der Waals surface area contributed by atoms with E-state index in [0.717, 1.165) is 30.0 Å². The van der Waals surface area contributed by atoms with Gasteiger partial charge in [-0.15, -0.1) is 11.3 Å². The Hall–Kier alpha value is -1.27. The molecule has 0 aliphatic heterocycles. The Morgan fingerprint density at radius 1 is 1.61 bits per heavy atom. The molecule has 0 saturated heterocycles. The molecule has 4 nitrogen and oxygen atoms in total. The minimum absolute atomic E-state index is 0.548. The first-order valence-corrected chi connectivity index (χ1v) is 7.26. The molecule has 0 atom stereocenters. The second-order valence-corrected chi connectivity index (χ2v) is 5.41. The van der Waals surface area contributed by atoms with Gasteiger partial charge < -0.3 is 0 Å². The zero-order valence-corrected chi connectivity index (χ0v) is 12.1. The number of aryl methyl sites for hydroxylation is 2. The van der Waals surface area contributed by atoms with Crippen LogP contribution < -0.4 is 0 Å². The van der Waals surface area contributed by atoms with E-state index in [-0.39, 0.29) is 0 Å². The molecule has 0 aliphatic rings. The Morgan fingerprint density at radius 2 is 2.44 bits per heavy atom. The topological polar surface area (TPSA) is 46.0 Å². The molecule has 6 heteroatoms. The van der Waals surface area contributed by atoms with Gasteiger partial charge in [0.15, 0.2) is 5.82 Å². The Labute approximate surface area is 115 Å². The summed E-state index contributed by atoms with van der Waals surface area (Å²) >= 11 is 6.86. The van der Waals surface area contributed by atoms with Crippen molar-refractivity contribution < 1.29 is 0 Å². The highest BCUT2D eigenvalue weighted by molar-refractivity contribution is 7.71. The van der Waals surface area contributed by atoms with Crippen molar-refractivity contribution in [3.05, 3.63) is 32.5 Å². The van der Waals surface area contributed by atoms with Crippen molar-refractivity contribution in [1.29, 1.82) is 0 Å². The van der Waals surface area contributed by atoms with Crippen LogP contribution in [0.25, 0.3) is 0 Å². The first kappa shape index (κ1) is 13.2. The molecule has 2 rings (SSSR count). The zero-order valence-electron chi connectivity index (χ0n) is 10.5. The van der Waals surface area contributed by atoms with Crippen LogP contribution in [0.1, 0.15) is 36.0 Å². The summed E-state index contributed by atoms with van der Waals surface area (Å²) in [5.74, 6) is 0.896. The number of H-pyrrole nitrogens is 1. The van der Waals surface area contributed by atoms with Crippen molar-refractivity contribution in [2.45, 2.75) is 33.1 Å². The maximum Gasteiger partial charge on any atom is 0.216 e. The highest BCUT2D eigenvalue weighted by atomic mass is 32.1. The molecule has 2 heterocycles. The van der Waals surface area contributed by atoms with Gasteiger partial charge in [0.1, 0.15) is 0 Å². The summed E-state index contributed by atoms with van der Waals surface area (Å²) in [6.07, 6.45) is 4.96. The minimum atomic E-state index is 0.548. The van der Waals surface area contributed by atoms with Crippen LogP contribution in [0, 0.1) is 11.7 Å². The molecule has 0 radical (unpaired) electrons. The lowest BCUT2D eigenvalue weighted by Gasteiger charge is -1.98. The van der Waals surface area contributed by atoms with Crippen LogP contribution in [0.3, 0.4) is 0 Å². The van der Waals surface area contributed by atoms with Gasteiger partial charge in [0.2, 0.25) is 4.77 Å². The molecular formula is C12H16N4S2. The number of unbranched alkanes of at least 4 members (excludes halogenated alkanes) is 1. The van der Waals surface area contributed by atoms with Gasteiger partial charge in [-0.1, -0.05) is 13.3 Å². The number of rotatable bonds is 5. The van der Waals surface area contributed by atoms with Crippen LogP contribution in [0.4, 0.5) is 0 Å². The van der Waals surface area contributed by atoms with Crippen LogP contribution in [-0.2, 0) is 6.42 Å². The molecule has 0 aromatic carbocycles. The molecule has 1 N–H and O–H groups in total. The van der Waals surface area contributed by atoms with Crippen LogP contribution >= 0.6 is 23.6 Å². The standard InChI is InChI=1S/C12H16N4S2/c1-3-4-5-11-14-15-12(17)16(11)13-8-10-9(2)6-7-18-10/h6-8H,3-5H2,1-2H3,(H,15,17). The third-order valence-corrected chi connectivity index (χ3v) is 3.88. The number of thiophene rings is 1. The van der Waals surface area contributed by atoms with Gasteiger partial charge in [-0.05, 0) is 42.6 Å². The Bertz CT molecular complexity index is 591. The SMILES string of the molecule is CCCCc1n[nH]c(=S)n1N=Cc1sccc1C. The van der Waals surface area contributed by atoms with E-state index < -0.39 is 0 Å². The maximum atomic E-state index is 5.19. The summed E-state index contributed by atoms with van der Waals surface area (Å²) in [7, 11) is 0. The van der Waals surface area contributed by atoms with E-state index >= 15 is 0 Å². The van der Waals surface area contributed by atoms with Crippen LogP contribution in [0.15, 0.2) is 16.5 Å². The Morgan fingerprint density at radius 3 is 3.11 bits per heavy atom. The summed E-state index contributed by atoms with van der Waals surface area (Å²) in [5, 5.41) is 13.5. The van der Waals surface area contributed by atoms with E-state index in [1.54, 1.807) is 16.0 Å². The summed E-state index contributed by atoms with van der Waals surface area (Å²) in [6, 6.07) is 2.08. The highest BCUT2D eigenvalue weighted by Gasteiger charge is 2.04. The first-order chi connectivity index (χ1) is 8.72. The van der Waals surface area contributed by atoms with Crippen molar-refractivity contribution in [2.75, 3.05) is 0 Å². The number of nitrogens with zero attached hydrogens (tertiary/aromatic N) is 3. The molecule has 0 aliphatic carbocycles. The number of hydrogen-bond donors (Lipinski definition) is 1. The summed E-state index contributed by atoms with van der Waals surface area (Å²) in [6.45, 7) is 4.23. The van der Waals surface area contributed by atoms with E-state index in [9.17, 15) is 0 Å². The quantitative estimate of drug-likeness (QED) is 0.672. The number of aromatic amines is 1. The lowest BCUT2D eigenvalue weighted by Crippen LogP contribution is -1.99. The van der Waals surface area contributed by atoms with E-state index in [0.29, 0.717) is 4.77 Å². The summed E-state index contributed by atoms with van der Waals surface area (Å²) < 4.78 is 2.26. The van der Waals surface area contributed by atoms with Crippen LogP contribution in [-0.4, -0.2) is 21.1 Å². The molecule has 0 spiro atoms. The lowest BCUT2D eigenvalue weighted by molar-refractivity contribution is 0.700. The third kappa shape index (κ3) is 2.94. The molecule has 0 amide bonds. The lowest BCUT2D eigenvalue weighted by atomic mass is 10.2. The predicted molar refractivity (Wildman–Crippen MR) is 78.1 cm³/mol. The molecule has 0 bridgehead atoms. The fourth-order valence-electron chi connectivity index (χ4n) is 1.57. The smallest absolute Gasteiger partial charge is 0.216 e. The fraction of sp³-hybridized carbons (Fsp3) is 0.417. The average Bonchev–Trinajstić information content (AvgIpc) is 2.91. The number of nitrogens with one attached hydrogen (secondary N) is 1. The summed E-state index contributed by atoms with van der Waals surface area (Å²) in [4.78, 5) is 1.15.